The Balaban J connectivity index is 1.69. The van der Waals surface area contributed by atoms with Crippen LogP contribution in [0, 0.1) is 5.92 Å². The van der Waals surface area contributed by atoms with Crippen LogP contribution in [0.5, 0.6) is 0 Å². The molecule has 1 saturated carbocycles. The third-order valence-corrected chi connectivity index (χ3v) is 3.39. The van der Waals surface area contributed by atoms with Gasteiger partial charge in [0, 0.05) is 25.7 Å². The van der Waals surface area contributed by atoms with Crippen LogP contribution in [0.25, 0.3) is 0 Å². The lowest BCUT2D eigenvalue weighted by atomic mass is 9.84. The zero-order valence-electron chi connectivity index (χ0n) is 8.47. The van der Waals surface area contributed by atoms with Crippen LogP contribution in [0.1, 0.15) is 38.5 Å². The van der Waals surface area contributed by atoms with Crippen molar-refractivity contribution >= 4 is 0 Å². The van der Waals surface area contributed by atoms with Crippen LogP contribution in [0.3, 0.4) is 0 Å². The molecular formula is C11H21N2. The van der Waals surface area contributed by atoms with Gasteiger partial charge in [0.15, 0.2) is 0 Å². The molecule has 0 spiro atoms. The van der Waals surface area contributed by atoms with E-state index in [4.69, 9.17) is 0 Å². The van der Waals surface area contributed by atoms with Gasteiger partial charge in [0.1, 0.15) is 0 Å². The van der Waals surface area contributed by atoms with Crippen molar-refractivity contribution in [3.63, 3.8) is 0 Å². The first kappa shape index (κ1) is 9.47. The van der Waals surface area contributed by atoms with Gasteiger partial charge in [-0.05, 0) is 12.3 Å². The summed E-state index contributed by atoms with van der Waals surface area (Å²) in [4.78, 5) is 0. The second kappa shape index (κ2) is 4.97. The predicted molar refractivity (Wildman–Crippen MR) is 54.9 cm³/mol. The van der Waals surface area contributed by atoms with E-state index < -0.39 is 0 Å². The molecule has 1 atom stereocenters. The van der Waals surface area contributed by atoms with Gasteiger partial charge in [-0.2, -0.15) is 0 Å². The average molecular weight is 181 g/mol. The van der Waals surface area contributed by atoms with Crippen LogP contribution >= 0.6 is 0 Å². The Morgan fingerprint density at radius 1 is 1.15 bits per heavy atom. The summed E-state index contributed by atoms with van der Waals surface area (Å²) in [5.41, 5.74) is 0. The van der Waals surface area contributed by atoms with Gasteiger partial charge in [-0.3, -0.25) is 0 Å². The molecule has 1 aliphatic heterocycles. The molecule has 13 heavy (non-hydrogen) atoms. The molecule has 1 unspecified atom stereocenters. The van der Waals surface area contributed by atoms with Crippen molar-refractivity contribution in [1.29, 1.82) is 0 Å². The highest BCUT2D eigenvalue weighted by molar-refractivity contribution is 4.79. The minimum atomic E-state index is 0.636. The maximum absolute atomic E-state index is 4.66. The van der Waals surface area contributed by atoms with E-state index in [0.29, 0.717) is 6.04 Å². The second-order valence-corrected chi connectivity index (χ2v) is 4.50. The monoisotopic (exact) mass is 181 g/mol. The fourth-order valence-corrected chi connectivity index (χ4v) is 2.62. The van der Waals surface area contributed by atoms with Gasteiger partial charge in [-0.15, -0.1) is 0 Å². The molecule has 0 aromatic carbocycles. The molecular weight excluding hydrogens is 160 g/mol. The Bertz CT molecular complexity index is 119. The first-order valence-corrected chi connectivity index (χ1v) is 5.82. The van der Waals surface area contributed by atoms with Crippen molar-refractivity contribution in [2.24, 2.45) is 5.92 Å². The Hall–Kier alpha value is -0.0800. The maximum Gasteiger partial charge on any atom is 0.0373 e. The standard InChI is InChI=1S/C11H21N2/c1-2-4-10(5-3-1)8-11-9-12-6-7-13-11/h10-12H,1-9H2. The Morgan fingerprint density at radius 2 is 2.00 bits per heavy atom. The molecule has 0 aromatic heterocycles. The minimum absolute atomic E-state index is 0.636. The van der Waals surface area contributed by atoms with Crippen molar-refractivity contribution in [1.82, 2.24) is 10.6 Å². The molecule has 1 aliphatic carbocycles. The molecule has 0 amide bonds. The minimum Gasteiger partial charge on any atom is -0.314 e. The third kappa shape index (κ3) is 2.96. The molecule has 2 rings (SSSR count). The number of nitrogens with one attached hydrogen (secondary N) is 1. The summed E-state index contributed by atoms with van der Waals surface area (Å²) in [5, 5.41) is 8.09. The number of rotatable bonds is 2. The number of nitrogens with zero attached hydrogens (tertiary/aromatic N) is 1. The summed E-state index contributed by atoms with van der Waals surface area (Å²) < 4.78 is 0. The average Bonchev–Trinajstić information content (AvgIpc) is 2.21. The fraction of sp³-hybridized carbons (Fsp3) is 1.00. The lowest BCUT2D eigenvalue weighted by Crippen LogP contribution is -2.44. The smallest absolute Gasteiger partial charge is 0.0373 e. The Labute approximate surface area is 81.5 Å². The highest BCUT2D eigenvalue weighted by Gasteiger charge is 2.20. The van der Waals surface area contributed by atoms with Gasteiger partial charge in [0.05, 0.1) is 0 Å². The molecule has 0 bridgehead atoms. The molecule has 2 fully saturated rings. The van der Waals surface area contributed by atoms with E-state index >= 15 is 0 Å². The van der Waals surface area contributed by atoms with Crippen LogP contribution in [-0.4, -0.2) is 25.7 Å². The normalized spacial score (nSPS) is 31.8. The van der Waals surface area contributed by atoms with Crippen molar-refractivity contribution in [3.05, 3.63) is 0 Å². The number of hydrogen-bond acceptors (Lipinski definition) is 1. The molecule has 2 aliphatic rings. The number of piperazine rings is 1. The van der Waals surface area contributed by atoms with Gasteiger partial charge in [0.2, 0.25) is 0 Å². The van der Waals surface area contributed by atoms with Crippen LogP contribution in [0.2, 0.25) is 0 Å². The lowest BCUT2D eigenvalue weighted by molar-refractivity contribution is 0.277. The summed E-state index contributed by atoms with van der Waals surface area (Å²) in [6.07, 6.45) is 8.68. The quantitative estimate of drug-likeness (QED) is 0.687. The maximum atomic E-state index is 4.66. The van der Waals surface area contributed by atoms with Gasteiger partial charge in [-0.1, -0.05) is 32.1 Å². The first-order chi connectivity index (χ1) is 6.45. The van der Waals surface area contributed by atoms with E-state index in [1.54, 1.807) is 0 Å². The van der Waals surface area contributed by atoms with E-state index in [9.17, 15) is 0 Å². The summed E-state index contributed by atoms with van der Waals surface area (Å²) in [7, 11) is 0. The Morgan fingerprint density at radius 3 is 2.69 bits per heavy atom. The van der Waals surface area contributed by atoms with Crippen molar-refractivity contribution in [3.8, 4) is 0 Å². The van der Waals surface area contributed by atoms with Gasteiger partial charge >= 0.3 is 0 Å². The fourth-order valence-electron chi connectivity index (χ4n) is 2.62. The largest absolute Gasteiger partial charge is 0.314 e. The summed E-state index contributed by atoms with van der Waals surface area (Å²) in [5.74, 6) is 0.988. The van der Waals surface area contributed by atoms with E-state index in [0.717, 1.165) is 25.6 Å². The molecule has 1 saturated heterocycles. The van der Waals surface area contributed by atoms with E-state index in [2.05, 4.69) is 10.6 Å². The molecule has 1 heterocycles. The summed E-state index contributed by atoms with van der Waals surface area (Å²) in [6.45, 7) is 3.27. The molecule has 0 aromatic rings. The van der Waals surface area contributed by atoms with Gasteiger partial charge < -0.3 is 5.32 Å². The lowest BCUT2D eigenvalue weighted by Gasteiger charge is -2.29. The molecule has 2 nitrogen and oxygen atoms in total. The predicted octanol–water partition coefficient (Wildman–Crippen LogP) is 1.53. The first-order valence-electron chi connectivity index (χ1n) is 5.82. The third-order valence-electron chi connectivity index (χ3n) is 3.39. The van der Waals surface area contributed by atoms with Crippen molar-refractivity contribution in [2.75, 3.05) is 19.6 Å². The van der Waals surface area contributed by atoms with Gasteiger partial charge in [0.25, 0.3) is 0 Å². The van der Waals surface area contributed by atoms with Crippen LogP contribution < -0.4 is 10.6 Å². The van der Waals surface area contributed by atoms with Crippen LogP contribution in [-0.2, 0) is 0 Å². The van der Waals surface area contributed by atoms with E-state index in [-0.39, 0.29) is 0 Å². The Kier molecular flexibility index (Phi) is 3.62. The summed E-state index contributed by atoms with van der Waals surface area (Å²) in [6, 6.07) is 0.636. The van der Waals surface area contributed by atoms with E-state index in [1.165, 1.54) is 38.5 Å². The molecule has 1 N–H and O–H groups in total. The second-order valence-electron chi connectivity index (χ2n) is 4.50. The van der Waals surface area contributed by atoms with Crippen LogP contribution in [0.15, 0.2) is 0 Å². The highest BCUT2D eigenvalue weighted by atomic mass is 15.0. The SMILES string of the molecule is C1CCC(CC2CNCC[N]2)CC1. The van der Waals surface area contributed by atoms with Crippen molar-refractivity contribution < 1.29 is 0 Å². The van der Waals surface area contributed by atoms with Gasteiger partial charge in [-0.25, -0.2) is 5.32 Å². The van der Waals surface area contributed by atoms with Crippen molar-refractivity contribution in [2.45, 2.75) is 44.6 Å². The van der Waals surface area contributed by atoms with E-state index in [1.807, 2.05) is 0 Å². The zero-order valence-corrected chi connectivity index (χ0v) is 8.47. The molecule has 2 heteroatoms. The molecule has 1 radical (unpaired) electrons. The molecule has 75 valence electrons. The topological polar surface area (TPSA) is 26.1 Å². The highest BCUT2D eigenvalue weighted by Crippen LogP contribution is 2.27. The summed E-state index contributed by atoms with van der Waals surface area (Å²) >= 11 is 0. The number of hydrogen-bond donors (Lipinski definition) is 1. The van der Waals surface area contributed by atoms with Crippen LogP contribution in [0.4, 0.5) is 0 Å². The zero-order chi connectivity index (χ0) is 8.93.